The Balaban J connectivity index is 2.98. The third-order valence-corrected chi connectivity index (χ3v) is 3.29. The van der Waals surface area contributed by atoms with Crippen molar-refractivity contribution in [3.05, 3.63) is 39.9 Å². The van der Waals surface area contributed by atoms with E-state index >= 15 is 0 Å². The number of non-ortho nitro benzene ring substituents is 1. The van der Waals surface area contributed by atoms with Crippen molar-refractivity contribution in [1.29, 1.82) is 0 Å². The second-order valence-electron chi connectivity index (χ2n) is 6.40. The molecule has 0 aliphatic carbocycles. The number of nitrogens with zero attached hydrogens (tertiary/aromatic N) is 2. The monoisotopic (exact) mass is 294 g/mol. The minimum atomic E-state index is -0.641. The summed E-state index contributed by atoms with van der Waals surface area (Å²) in [6, 6.07) is 6.16. The number of hydrogen-bond acceptors (Lipinski definition) is 4. The maximum Gasteiger partial charge on any atom is 0.410 e. The van der Waals surface area contributed by atoms with Crippen LogP contribution in [0.3, 0.4) is 0 Å². The van der Waals surface area contributed by atoms with Gasteiger partial charge >= 0.3 is 6.09 Å². The van der Waals surface area contributed by atoms with Crippen molar-refractivity contribution < 1.29 is 14.5 Å². The highest BCUT2D eigenvalue weighted by Gasteiger charge is 2.32. The Hall–Kier alpha value is -2.11. The van der Waals surface area contributed by atoms with Gasteiger partial charge in [0.1, 0.15) is 5.60 Å². The summed E-state index contributed by atoms with van der Waals surface area (Å²) >= 11 is 0. The molecule has 0 unspecified atom stereocenters. The zero-order valence-corrected chi connectivity index (χ0v) is 13.3. The lowest BCUT2D eigenvalue weighted by molar-refractivity contribution is -0.384. The van der Waals surface area contributed by atoms with E-state index in [9.17, 15) is 14.9 Å². The highest BCUT2D eigenvalue weighted by atomic mass is 16.6. The number of hydrogen-bond donors (Lipinski definition) is 0. The van der Waals surface area contributed by atoms with E-state index in [1.807, 2.05) is 13.8 Å². The summed E-state index contributed by atoms with van der Waals surface area (Å²) in [5.74, 6) is 0. The van der Waals surface area contributed by atoms with E-state index in [1.54, 1.807) is 40.0 Å². The third-order valence-electron chi connectivity index (χ3n) is 3.29. The number of carbonyl (C=O) groups is 1. The van der Waals surface area contributed by atoms with Crippen LogP contribution in [0.2, 0.25) is 0 Å². The molecule has 0 radical (unpaired) electrons. The number of nitro groups is 1. The van der Waals surface area contributed by atoms with Crippen LogP contribution in [0.25, 0.3) is 0 Å². The average Bonchev–Trinajstić information content (AvgIpc) is 2.35. The third kappa shape index (κ3) is 4.18. The average molecular weight is 294 g/mol. The topological polar surface area (TPSA) is 72.7 Å². The fourth-order valence-electron chi connectivity index (χ4n) is 1.74. The van der Waals surface area contributed by atoms with Crippen LogP contribution in [0.1, 0.15) is 40.2 Å². The Labute approximate surface area is 124 Å². The molecule has 0 fully saturated rings. The number of benzene rings is 1. The zero-order chi connectivity index (χ0) is 16.4. The summed E-state index contributed by atoms with van der Waals surface area (Å²) in [4.78, 5) is 23.9. The summed E-state index contributed by atoms with van der Waals surface area (Å²) in [7, 11) is 1.65. The van der Waals surface area contributed by atoms with Gasteiger partial charge in [-0.3, -0.25) is 10.1 Å². The lowest BCUT2D eigenvalue weighted by atomic mass is 9.93. The molecule has 6 nitrogen and oxygen atoms in total. The van der Waals surface area contributed by atoms with Gasteiger partial charge < -0.3 is 9.64 Å². The van der Waals surface area contributed by atoms with Crippen molar-refractivity contribution in [3.63, 3.8) is 0 Å². The Morgan fingerprint density at radius 1 is 1.14 bits per heavy atom. The van der Waals surface area contributed by atoms with Gasteiger partial charge in [0.05, 0.1) is 10.5 Å². The zero-order valence-electron chi connectivity index (χ0n) is 13.3. The van der Waals surface area contributed by atoms with Crippen molar-refractivity contribution in [2.24, 2.45) is 0 Å². The second kappa shape index (κ2) is 5.71. The van der Waals surface area contributed by atoms with Gasteiger partial charge in [-0.05, 0) is 52.3 Å². The van der Waals surface area contributed by atoms with Crippen LogP contribution in [0.5, 0.6) is 0 Å². The first-order valence-electron chi connectivity index (χ1n) is 6.67. The number of rotatable bonds is 3. The number of ether oxygens (including phenoxy) is 1. The van der Waals surface area contributed by atoms with E-state index in [1.165, 1.54) is 17.0 Å². The minimum Gasteiger partial charge on any atom is -0.444 e. The minimum absolute atomic E-state index is 0.0227. The molecule has 0 aliphatic heterocycles. The van der Waals surface area contributed by atoms with Gasteiger partial charge in [0.25, 0.3) is 5.69 Å². The molecule has 1 aromatic carbocycles. The molecule has 6 heteroatoms. The molecule has 0 aliphatic rings. The first-order chi connectivity index (χ1) is 9.45. The second-order valence-corrected chi connectivity index (χ2v) is 6.40. The largest absolute Gasteiger partial charge is 0.444 e. The summed E-state index contributed by atoms with van der Waals surface area (Å²) in [6.07, 6.45) is -0.439. The molecule has 1 aromatic rings. The van der Waals surface area contributed by atoms with Gasteiger partial charge in [-0.25, -0.2) is 4.79 Å². The normalized spacial score (nSPS) is 11.9. The summed E-state index contributed by atoms with van der Waals surface area (Å²) in [6.45, 7) is 9.13. The van der Waals surface area contributed by atoms with Crippen molar-refractivity contribution in [2.45, 2.75) is 45.8 Å². The molecular formula is C15H22N2O4. The molecule has 1 amide bonds. The van der Waals surface area contributed by atoms with E-state index in [4.69, 9.17) is 4.74 Å². The summed E-state index contributed by atoms with van der Waals surface area (Å²) < 4.78 is 5.35. The molecule has 116 valence electrons. The van der Waals surface area contributed by atoms with E-state index in [0.29, 0.717) is 0 Å². The molecular weight excluding hydrogens is 272 g/mol. The highest BCUT2D eigenvalue weighted by Crippen LogP contribution is 2.29. The fourth-order valence-corrected chi connectivity index (χ4v) is 1.74. The van der Waals surface area contributed by atoms with E-state index in [-0.39, 0.29) is 5.69 Å². The molecule has 1 rings (SSSR count). The van der Waals surface area contributed by atoms with Gasteiger partial charge in [-0.1, -0.05) is 0 Å². The number of carbonyl (C=O) groups excluding carboxylic acids is 1. The molecule has 0 saturated carbocycles. The quantitative estimate of drug-likeness (QED) is 0.629. The molecule has 0 N–H and O–H groups in total. The lowest BCUT2D eigenvalue weighted by Crippen LogP contribution is -2.45. The first kappa shape index (κ1) is 16.9. The Morgan fingerprint density at radius 3 is 2.00 bits per heavy atom. The Morgan fingerprint density at radius 2 is 1.62 bits per heavy atom. The van der Waals surface area contributed by atoms with Crippen molar-refractivity contribution >= 4 is 11.8 Å². The number of nitro benzene ring substituents is 1. The number of amides is 1. The van der Waals surface area contributed by atoms with Crippen LogP contribution in [0.4, 0.5) is 10.5 Å². The SMILES string of the molecule is CN(C(=O)OC(C)(C)C)C(C)(C)c1ccc([N+](=O)[O-])cc1. The molecule has 21 heavy (non-hydrogen) atoms. The van der Waals surface area contributed by atoms with E-state index < -0.39 is 22.2 Å². The predicted molar refractivity (Wildman–Crippen MR) is 80.1 cm³/mol. The van der Waals surface area contributed by atoms with Crippen LogP contribution in [-0.4, -0.2) is 28.6 Å². The maximum atomic E-state index is 12.1. The predicted octanol–water partition coefficient (Wildman–Crippen LogP) is 3.70. The van der Waals surface area contributed by atoms with Gasteiger partial charge in [-0.2, -0.15) is 0 Å². The fraction of sp³-hybridized carbons (Fsp3) is 0.533. The molecule has 0 aromatic heterocycles. The van der Waals surface area contributed by atoms with Crippen LogP contribution in [-0.2, 0) is 10.3 Å². The molecule has 0 atom stereocenters. The van der Waals surface area contributed by atoms with Gasteiger partial charge in [-0.15, -0.1) is 0 Å². The molecule has 0 bridgehead atoms. The van der Waals surface area contributed by atoms with Crippen LogP contribution < -0.4 is 0 Å². The lowest BCUT2D eigenvalue weighted by Gasteiger charge is -2.37. The van der Waals surface area contributed by atoms with Gasteiger partial charge in [0, 0.05) is 19.2 Å². The molecule has 0 spiro atoms. The van der Waals surface area contributed by atoms with E-state index in [0.717, 1.165) is 5.56 Å². The first-order valence-corrected chi connectivity index (χ1v) is 6.67. The highest BCUT2D eigenvalue weighted by molar-refractivity contribution is 5.69. The van der Waals surface area contributed by atoms with Gasteiger partial charge in [0.15, 0.2) is 0 Å². The van der Waals surface area contributed by atoms with Crippen molar-refractivity contribution in [2.75, 3.05) is 7.05 Å². The van der Waals surface area contributed by atoms with Crippen LogP contribution >= 0.6 is 0 Å². The van der Waals surface area contributed by atoms with Gasteiger partial charge in [0.2, 0.25) is 0 Å². The summed E-state index contributed by atoms with van der Waals surface area (Å²) in [5, 5.41) is 10.7. The Bertz CT molecular complexity index is 530. The van der Waals surface area contributed by atoms with Crippen LogP contribution in [0.15, 0.2) is 24.3 Å². The molecule has 0 heterocycles. The van der Waals surface area contributed by atoms with E-state index in [2.05, 4.69) is 0 Å². The summed E-state index contributed by atoms with van der Waals surface area (Å²) in [5.41, 5.74) is -0.398. The van der Waals surface area contributed by atoms with Crippen molar-refractivity contribution in [1.82, 2.24) is 4.90 Å². The Kier molecular flexibility index (Phi) is 4.61. The standard InChI is InChI=1S/C15H22N2O4/c1-14(2,3)21-13(18)16(6)15(4,5)11-7-9-12(10-8-11)17(19)20/h7-10H,1-6H3. The van der Waals surface area contributed by atoms with Crippen molar-refractivity contribution in [3.8, 4) is 0 Å². The smallest absolute Gasteiger partial charge is 0.410 e. The molecule has 0 saturated heterocycles. The van der Waals surface area contributed by atoms with Crippen LogP contribution in [0, 0.1) is 10.1 Å². The maximum absolute atomic E-state index is 12.1.